The SMILES string of the molecule is N#CN1CCN(CN2CCCOCC2)CC1. The second-order valence-corrected chi connectivity index (χ2v) is 4.43. The Kier molecular flexibility index (Phi) is 4.40. The van der Waals surface area contributed by atoms with Gasteiger partial charge in [0.2, 0.25) is 0 Å². The molecule has 2 heterocycles. The van der Waals surface area contributed by atoms with Crippen LogP contribution in [0, 0.1) is 11.5 Å². The van der Waals surface area contributed by atoms with Gasteiger partial charge >= 0.3 is 0 Å². The van der Waals surface area contributed by atoms with Gasteiger partial charge in [-0.2, -0.15) is 5.26 Å². The van der Waals surface area contributed by atoms with Crippen LogP contribution in [-0.2, 0) is 4.74 Å². The summed E-state index contributed by atoms with van der Waals surface area (Å²) in [6.45, 7) is 8.73. The van der Waals surface area contributed by atoms with Crippen molar-refractivity contribution in [2.24, 2.45) is 0 Å². The quantitative estimate of drug-likeness (QED) is 0.606. The maximum Gasteiger partial charge on any atom is 0.179 e. The first-order valence-corrected chi connectivity index (χ1v) is 6.05. The average molecular weight is 224 g/mol. The van der Waals surface area contributed by atoms with Gasteiger partial charge in [-0.15, -0.1) is 0 Å². The second kappa shape index (κ2) is 6.04. The maximum atomic E-state index is 8.77. The van der Waals surface area contributed by atoms with E-state index in [0.29, 0.717) is 0 Å². The van der Waals surface area contributed by atoms with Crippen LogP contribution in [0.4, 0.5) is 0 Å². The highest BCUT2D eigenvalue weighted by Crippen LogP contribution is 2.04. The van der Waals surface area contributed by atoms with Crippen molar-refractivity contribution in [2.75, 3.05) is 59.2 Å². The fourth-order valence-corrected chi connectivity index (χ4v) is 2.21. The minimum atomic E-state index is 0.859. The lowest BCUT2D eigenvalue weighted by molar-refractivity contribution is 0.0859. The normalized spacial score (nSPS) is 25.1. The zero-order valence-corrected chi connectivity index (χ0v) is 9.77. The molecule has 2 fully saturated rings. The van der Waals surface area contributed by atoms with Gasteiger partial charge in [0.25, 0.3) is 0 Å². The summed E-state index contributed by atoms with van der Waals surface area (Å²) in [6.07, 6.45) is 3.35. The molecule has 0 N–H and O–H groups in total. The number of piperazine rings is 1. The molecule has 2 aliphatic rings. The van der Waals surface area contributed by atoms with Crippen molar-refractivity contribution in [1.82, 2.24) is 14.7 Å². The third kappa shape index (κ3) is 3.34. The van der Waals surface area contributed by atoms with Crippen LogP contribution in [0.5, 0.6) is 0 Å². The first-order chi connectivity index (χ1) is 7.88. The largest absolute Gasteiger partial charge is 0.380 e. The molecule has 0 amide bonds. The Balaban J connectivity index is 1.71. The Labute approximate surface area is 97.2 Å². The van der Waals surface area contributed by atoms with Crippen molar-refractivity contribution >= 4 is 0 Å². The van der Waals surface area contributed by atoms with E-state index in [0.717, 1.165) is 65.6 Å². The summed E-state index contributed by atoms with van der Waals surface area (Å²) in [7, 11) is 0. The highest BCUT2D eigenvalue weighted by Gasteiger charge is 2.18. The van der Waals surface area contributed by atoms with Crippen molar-refractivity contribution in [2.45, 2.75) is 6.42 Å². The van der Waals surface area contributed by atoms with Gasteiger partial charge in [-0.1, -0.05) is 0 Å². The van der Waals surface area contributed by atoms with Crippen LogP contribution < -0.4 is 0 Å². The second-order valence-electron chi connectivity index (χ2n) is 4.43. The molecule has 2 rings (SSSR count). The van der Waals surface area contributed by atoms with E-state index in [-0.39, 0.29) is 0 Å². The van der Waals surface area contributed by atoms with Crippen LogP contribution in [0.3, 0.4) is 0 Å². The van der Waals surface area contributed by atoms with Gasteiger partial charge in [0.1, 0.15) is 0 Å². The van der Waals surface area contributed by atoms with Gasteiger partial charge in [-0.3, -0.25) is 9.80 Å². The number of rotatable bonds is 2. The molecule has 0 atom stereocenters. The standard InChI is InChI=1S/C11H20N4O/c12-10-13-3-5-15(6-4-13)11-14-2-1-8-16-9-7-14/h1-9,11H2. The molecule has 0 aromatic heterocycles. The van der Waals surface area contributed by atoms with Crippen LogP contribution in [0.25, 0.3) is 0 Å². The Morgan fingerprint density at radius 3 is 2.44 bits per heavy atom. The highest BCUT2D eigenvalue weighted by molar-refractivity contribution is 4.80. The number of hydrogen-bond acceptors (Lipinski definition) is 5. The molecule has 0 spiro atoms. The molecule has 2 saturated heterocycles. The molecule has 0 radical (unpaired) electrons. The Hall–Kier alpha value is -0.830. The Bertz CT molecular complexity index is 237. The summed E-state index contributed by atoms with van der Waals surface area (Å²) in [6, 6.07) is 0. The van der Waals surface area contributed by atoms with Crippen LogP contribution in [0.2, 0.25) is 0 Å². The Morgan fingerprint density at radius 1 is 0.938 bits per heavy atom. The maximum absolute atomic E-state index is 8.77. The minimum absolute atomic E-state index is 0.859. The fraction of sp³-hybridized carbons (Fsp3) is 0.909. The molecule has 0 bridgehead atoms. The van der Waals surface area contributed by atoms with E-state index in [4.69, 9.17) is 10.00 Å². The topological polar surface area (TPSA) is 42.7 Å². The van der Waals surface area contributed by atoms with Gasteiger partial charge in [0, 0.05) is 45.9 Å². The predicted molar refractivity (Wildman–Crippen MR) is 60.6 cm³/mol. The molecular formula is C11H20N4O. The molecule has 2 aliphatic heterocycles. The summed E-state index contributed by atoms with van der Waals surface area (Å²) in [5, 5.41) is 8.77. The molecule has 90 valence electrons. The molecule has 5 nitrogen and oxygen atoms in total. The molecule has 16 heavy (non-hydrogen) atoms. The number of nitrogens with zero attached hydrogens (tertiary/aromatic N) is 4. The van der Waals surface area contributed by atoms with Gasteiger partial charge < -0.3 is 9.64 Å². The van der Waals surface area contributed by atoms with Gasteiger partial charge in [-0.25, -0.2) is 0 Å². The average Bonchev–Trinajstić information content (AvgIpc) is 2.59. The van der Waals surface area contributed by atoms with E-state index in [1.165, 1.54) is 0 Å². The highest BCUT2D eigenvalue weighted by atomic mass is 16.5. The smallest absolute Gasteiger partial charge is 0.179 e. The zero-order chi connectivity index (χ0) is 11.2. The van der Waals surface area contributed by atoms with Gasteiger partial charge in [-0.05, 0) is 6.42 Å². The lowest BCUT2D eigenvalue weighted by atomic mass is 10.3. The van der Waals surface area contributed by atoms with E-state index in [9.17, 15) is 0 Å². The number of ether oxygens (including phenoxy) is 1. The van der Waals surface area contributed by atoms with Crippen molar-refractivity contribution < 1.29 is 4.74 Å². The van der Waals surface area contributed by atoms with Crippen molar-refractivity contribution in [1.29, 1.82) is 5.26 Å². The molecule has 0 aliphatic carbocycles. The van der Waals surface area contributed by atoms with Crippen molar-refractivity contribution in [3.8, 4) is 6.19 Å². The molecular weight excluding hydrogens is 204 g/mol. The predicted octanol–water partition coefficient (Wildman–Crippen LogP) is -0.235. The summed E-state index contributed by atoms with van der Waals surface area (Å²) in [5.41, 5.74) is 0. The molecule has 0 unspecified atom stereocenters. The minimum Gasteiger partial charge on any atom is -0.380 e. The number of nitriles is 1. The number of hydrogen-bond donors (Lipinski definition) is 0. The van der Waals surface area contributed by atoms with Crippen molar-refractivity contribution in [3.63, 3.8) is 0 Å². The summed E-state index contributed by atoms with van der Waals surface area (Å²) < 4.78 is 5.44. The van der Waals surface area contributed by atoms with Crippen LogP contribution in [0.15, 0.2) is 0 Å². The first-order valence-electron chi connectivity index (χ1n) is 6.05. The van der Waals surface area contributed by atoms with E-state index >= 15 is 0 Å². The van der Waals surface area contributed by atoms with Crippen LogP contribution in [0.1, 0.15) is 6.42 Å². The monoisotopic (exact) mass is 224 g/mol. The molecule has 0 saturated carbocycles. The van der Waals surface area contributed by atoms with E-state index in [1.807, 2.05) is 4.90 Å². The lowest BCUT2D eigenvalue weighted by Gasteiger charge is -2.35. The lowest BCUT2D eigenvalue weighted by Crippen LogP contribution is -2.49. The first kappa shape index (κ1) is 11.6. The molecule has 0 aromatic carbocycles. The van der Waals surface area contributed by atoms with E-state index < -0.39 is 0 Å². The fourth-order valence-electron chi connectivity index (χ4n) is 2.21. The zero-order valence-electron chi connectivity index (χ0n) is 9.77. The third-order valence-corrected chi connectivity index (χ3v) is 3.23. The summed E-state index contributed by atoms with van der Waals surface area (Å²) in [4.78, 5) is 6.72. The molecule has 0 aromatic rings. The van der Waals surface area contributed by atoms with Gasteiger partial charge in [0.15, 0.2) is 6.19 Å². The summed E-state index contributed by atoms with van der Waals surface area (Å²) >= 11 is 0. The van der Waals surface area contributed by atoms with E-state index in [2.05, 4.69) is 16.0 Å². The van der Waals surface area contributed by atoms with Crippen LogP contribution in [-0.4, -0.2) is 73.9 Å². The molecule has 5 heteroatoms. The Morgan fingerprint density at radius 2 is 1.69 bits per heavy atom. The van der Waals surface area contributed by atoms with Crippen LogP contribution >= 0.6 is 0 Å². The summed E-state index contributed by atoms with van der Waals surface area (Å²) in [5.74, 6) is 0. The third-order valence-electron chi connectivity index (χ3n) is 3.23. The van der Waals surface area contributed by atoms with E-state index in [1.54, 1.807) is 0 Å². The van der Waals surface area contributed by atoms with Crippen molar-refractivity contribution in [3.05, 3.63) is 0 Å². The van der Waals surface area contributed by atoms with Gasteiger partial charge in [0.05, 0.1) is 13.3 Å².